The van der Waals surface area contributed by atoms with Gasteiger partial charge in [-0.05, 0) is 34.5 Å². The van der Waals surface area contributed by atoms with Gasteiger partial charge in [0.2, 0.25) is 0 Å². The summed E-state index contributed by atoms with van der Waals surface area (Å²) in [6, 6.07) is 12.2. The van der Waals surface area contributed by atoms with Gasteiger partial charge >= 0.3 is 0 Å². The second kappa shape index (κ2) is 4.71. The lowest BCUT2D eigenvalue weighted by Gasteiger charge is -2.06. The van der Waals surface area contributed by atoms with Crippen LogP contribution in [0.3, 0.4) is 0 Å². The van der Waals surface area contributed by atoms with Crippen molar-refractivity contribution in [2.75, 3.05) is 14.2 Å². The first-order valence-corrected chi connectivity index (χ1v) is 5.11. The fourth-order valence-electron chi connectivity index (χ4n) is 1.71. The highest BCUT2D eigenvalue weighted by Gasteiger charge is 2.01. The lowest BCUT2D eigenvalue weighted by Crippen LogP contribution is -1.85. The predicted molar refractivity (Wildman–Crippen MR) is 66.5 cm³/mol. The molecule has 0 aliphatic carbocycles. The molecule has 0 bridgehead atoms. The Hall–Kier alpha value is -1.96. The van der Waals surface area contributed by atoms with Crippen molar-refractivity contribution in [3.05, 3.63) is 48.2 Å². The lowest BCUT2D eigenvalue weighted by molar-refractivity contribution is 0.341. The standard InChI is InChI=1S/C14H14O2/c1-15-8-7-12-10-13(16-2)9-11-5-3-4-6-14(11)12/h3-10H,1-2H3/b8-7+. The molecule has 2 rings (SSSR count). The average molecular weight is 214 g/mol. The summed E-state index contributed by atoms with van der Waals surface area (Å²) < 4.78 is 10.2. The van der Waals surface area contributed by atoms with E-state index in [1.165, 1.54) is 5.39 Å². The number of methoxy groups -OCH3 is 2. The van der Waals surface area contributed by atoms with E-state index in [2.05, 4.69) is 12.1 Å². The van der Waals surface area contributed by atoms with Crippen LogP contribution in [0.15, 0.2) is 42.7 Å². The summed E-state index contributed by atoms with van der Waals surface area (Å²) in [4.78, 5) is 0. The van der Waals surface area contributed by atoms with Gasteiger partial charge in [0.15, 0.2) is 0 Å². The maximum Gasteiger partial charge on any atom is 0.120 e. The molecule has 2 nitrogen and oxygen atoms in total. The third kappa shape index (κ3) is 2.01. The molecule has 2 aromatic carbocycles. The predicted octanol–water partition coefficient (Wildman–Crippen LogP) is 3.47. The van der Waals surface area contributed by atoms with E-state index in [0.29, 0.717) is 0 Å². The van der Waals surface area contributed by atoms with Gasteiger partial charge < -0.3 is 9.47 Å². The SMILES string of the molecule is CO/C=C/c1cc(OC)cc2ccccc12. The molecule has 0 spiro atoms. The van der Waals surface area contributed by atoms with E-state index in [-0.39, 0.29) is 0 Å². The zero-order chi connectivity index (χ0) is 11.4. The molecule has 0 radical (unpaired) electrons. The molecule has 0 unspecified atom stereocenters. The van der Waals surface area contributed by atoms with E-state index < -0.39 is 0 Å². The summed E-state index contributed by atoms with van der Waals surface area (Å²) in [6.07, 6.45) is 3.60. The van der Waals surface area contributed by atoms with Gasteiger partial charge in [-0.1, -0.05) is 24.3 Å². The van der Waals surface area contributed by atoms with E-state index >= 15 is 0 Å². The average Bonchev–Trinajstić information content (AvgIpc) is 2.35. The van der Waals surface area contributed by atoms with Crippen LogP contribution in [0.25, 0.3) is 16.8 Å². The fourth-order valence-corrected chi connectivity index (χ4v) is 1.71. The number of benzene rings is 2. The Bertz CT molecular complexity index is 515. The minimum absolute atomic E-state index is 0.856. The smallest absolute Gasteiger partial charge is 0.120 e. The summed E-state index contributed by atoms with van der Waals surface area (Å²) in [5, 5.41) is 2.36. The highest BCUT2D eigenvalue weighted by molar-refractivity contribution is 5.91. The Morgan fingerprint density at radius 2 is 1.88 bits per heavy atom. The van der Waals surface area contributed by atoms with Crippen LogP contribution in [0.1, 0.15) is 5.56 Å². The largest absolute Gasteiger partial charge is 0.504 e. The molecule has 2 heteroatoms. The summed E-state index contributed by atoms with van der Waals surface area (Å²) in [7, 11) is 3.31. The van der Waals surface area contributed by atoms with Gasteiger partial charge in [0.25, 0.3) is 0 Å². The zero-order valence-corrected chi connectivity index (χ0v) is 9.44. The molecular weight excluding hydrogens is 200 g/mol. The van der Waals surface area contributed by atoms with Crippen molar-refractivity contribution in [1.82, 2.24) is 0 Å². The molecule has 0 N–H and O–H groups in total. The van der Waals surface area contributed by atoms with E-state index in [1.807, 2.05) is 30.3 Å². The van der Waals surface area contributed by atoms with Crippen molar-refractivity contribution in [3.63, 3.8) is 0 Å². The maximum absolute atomic E-state index is 5.27. The van der Waals surface area contributed by atoms with E-state index in [9.17, 15) is 0 Å². The van der Waals surface area contributed by atoms with E-state index in [1.54, 1.807) is 20.5 Å². The van der Waals surface area contributed by atoms with Crippen molar-refractivity contribution in [3.8, 4) is 5.75 Å². The first kappa shape index (κ1) is 10.6. The third-order valence-electron chi connectivity index (χ3n) is 2.49. The zero-order valence-electron chi connectivity index (χ0n) is 9.44. The number of hydrogen-bond acceptors (Lipinski definition) is 2. The Kier molecular flexibility index (Phi) is 3.10. The van der Waals surface area contributed by atoms with Crippen molar-refractivity contribution in [2.24, 2.45) is 0 Å². The van der Waals surface area contributed by atoms with Gasteiger partial charge in [-0.2, -0.15) is 0 Å². The molecule has 0 amide bonds. The number of fused-ring (bicyclic) bond motifs is 1. The Morgan fingerprint density at radius 3 is 2.62 bits per heavy atom. The number of rotatable bonds is 3. The van der Waals surface area contributed by atoms with Crippen LogP contribution in [-0.4, -0.2) is 14.2 Å². The number of hydrogen-bond donors (Lipinski definition) is 0. The van der Waals surface area contributed by atoms with Crippen molar-refractivity contribution in [1.29, 1.82) is 0 Å². The summed E-state index contributed by atoms with van der Waals surface area (Å²) in [6.45, 7) is 0. The highest BCUT2D eigenvalue weighted by atomic mass is 16.5. The first-order valence-electron chi connectivity index (χ1n) is 5.11. The van der Waals surface area contributed by atoms with Gasteiger partial charge in [-0.3, -0.25) is 0 Å². The molecule has 0 aromatic heterocycles. The molecule has 0 heterocycles. The van der Waals surface area contributed by atoms with Gasteiger partial charge in [-0.15, -0.1) is 0 Å². The van der Waals surface area contributed by atoms with Crippen molar-refractivity contribution in [2.45, 2.75) is 0 Å². The minimum atomic E-state index is 0.856. The maximum atomic E-state index is 5.27. The highest BCUT2D eigenvalue weighted by Crippen LogP contribution is 2.26. The molecule has 0 fully saturated rings. The summed E-state index contributed by atoms with van der Waals surface area (Å²) in [5.74, 6) is 0.856. The monoisotopic (exact) mass is 214 g/mol. The quantitative estimate of drug-likeness (QED) is 0.728. The van der Waals surface area contributed by atoms with Crippen molar-refractivity contribution < 1.29 is 9.47 Å². The topological polar surface area (TPSA) is 18.5 Å². The molecule has 2 aromatic rings. The van der Waals surface area contributed by atoms with Crippen LogP contribution in [0.5, 0.6) is 5.75 Å². The van der Waals surface area contributed by atoms with Gasteiger partial charge in [-0.25, -0.2) is 0 Å². The normalized spacial score (nSPS) is 10.9. The third-order valence-corrected chi connectivity index (χ3v) is 2.49. The molecule has 16 heavy (non-hydrogen) atoms. The molecular formula is C14H14O2. The van der Waals surface area contributed by atoms with Crippen LogP contribution >= 0.6 is 0 Å². The molecule has 0 atom stereocenters. The van der Waals surface area contributed by atoms with Crippen LogP contribution < -0.4 is 4.74 Å². The van der Waals surface area contributed by atoms with Gasteiger partial charge in [0.05, 0.1) is 20.5 Å². The summed E-state index contributed by atoms with van der Waals surface area (Å²) >= 11 is 0. The Labute approximate surface area is 95.1 Å². The minimum Gasteiger partial charge on any atom is -0.504 e. The van der Waals surface area contributed by atoms with Crippen LogP contribution in [0, 0.1) is 0 Å². The fraction of sp³-hybridized carbons (Fsp3) is 0.143. The van der Waals surface area contributed by atoms with Crippen LogP contribution in [0.4, 0.5) is 0 Å². The van der Waals surface area contributed by atoms with E-state index in [4.69, 9.17) is 9.47 Å². The molecule has 0 saturated carbocycles. The van der Waals surface area contributed by atoms with Crippen molar-refractivity contribution >= 4 is 16.8 Å². The van der Waals surface area contributed by atoms with E-state index in [0.717, 1.165) is 16.7 Å². The van der Waals surface area contributed by atoms with Gasteiger partial charge in [0.1, 0.15) is 5.75 Å². The van der Waals surface area contributed by atoms with Crippen LogP contribution in [0.2, 0.25) is 0 Å². The first-order chi connectivity index (χ1) is 7.85. The lowest BCUT2D eigenvalue weighted by atomic mass is 10.0. The molecule has 82 valence electrons. The van der Waals surface area contributed by atoms with Gasteiger partial charge in [0, 0.05) is 0 Å². The number of ether oxygens (including phenoxy) is 2. The molecule has 0 aliphatic heterocycles. The second-order valence-electron chi connectivity index (χ2n) is 3.48. The Balaban J connectivity index is 2.63. The van der Waals surface area contributed by atoms with Crippen LogP contribution in [-0.2, 0) is 4.74 Å². The molecule has 0 aliphatic rings. The Morgan fingerprint density at radius 1 is 1.06 bits per heavy atom. The second-order valence-corrected chi connectivity index (χ2v) is 3.48. The molecule has 0 saturated heterocycles. The summed E-state index contributed by atoms with van der Waals surface area (Å²) in [5.41, 5.74) is 1.09.